The topological polar surface area (TPSA) is 52.7 Å². The van der Waals surface area contributed by atoms with E-state index in [-0.39, 0.29) is 5.91 Å². The van der Waals surface area contributed by atoms with Crippen LogP contribution in [0.15, 0.2) is 54.6 Å². The number of para-hydroxylation sites is 1. The summed E-state index contributed by atoms with van der Waals surface area (Å²) in [7, 11) is 0. The monoisotopic (exact) mass is 341 g/mol. The quantitative estimate of drug-likeness (QED) is 0.925. The fourth-order valence-corrected chi connectivity index (χ4v) is 3.09. The van der Waals surface area contributed by atoms with Crippen molar-refractivity contribution in [1.82, 2.24) is 4.90 Å². The molecule has 0 saturated carbocycles. The molecule has 1 heterocycles. The summed E-state index contributed by atoms with van der Waals surface area (Å²) in [6.45, 7) is 2.78. The first-order chi connectivity index (χ1) is 12.1. The van der Waals surface area contributed by atoms with Gasteiger partial charge >= 0.3 is 6.03 Å². The van der Waals surface area contributed by atoms with Gasteiger partial charge in [0.05, 0.1) is 0 Å². The summed E-state index contributed by atoms with van der Waals surface area (Å²) in [4.78, 5) is 28.5. The van der Waals surface area contributed by atoms with Gasteiger partial charge in [0.15, 0.2) is 0 Å². The Kier molecular flexibility index (Phi) is 4.97. The van der Waals surface area contributed by atoms with Crippen LogP contribution in [0.25, 0.3) is 0 Å². The maximum atomic E-state index is 13.3. The first-order valence-electron chi connectivity index (χ1n) is 8.29. The van der Waals surface area contributed by atoms with Crippen LogP contribution in [0.5, 0.6) is 0 Å². The molecule has 1 atom stereocenters. The molecule has 1 aliphatic heterocycles. The third-order valence-corrected chi connectivity index (χ3v) is 4.30. The Morgan fingerprint density at radius 1 is 1.24 bits per heavy atom. The number of rotatable bonds is 4. The first-order valence-corrected chi connectivity index (χ1v) is 8.29. The molecule has 0 bridgehead atoms. The number of anilines is 2. The van der Waals surface area contributed by atoms with E-state index in [9.17, 15) is 14.0 Å². The van der Waals surface area contributed by atoms with Gasteiger partial charge < -0.3 is 15.1 Å². The van der Waals surface area contributed by atoms with Gasteiger partial charge in [0.2, 0.25) is 5.91 Å². The lowest BCUT2D eigenvalue weighted by Gasteiger charge is -2.27. The predicted octanol–water partition coefficient (Wildman–Crippen LogP) is 3.49. The lowest BCUT2D eigenvalue weighted by atomic mass is 10.2. The molecule has 0 aromatic heterocycles. The molecule has 2 aromatic carbocycles. The van der Waals surface area contributed by atoms with E-state index in [1.807, 2.05) is 37.3 Å². The number of benzene rings is 2. The number of hydrogen-bond donors (Lipinski definition) is 1. The van der Waals surface area contributed by atoms with E-state index >= 15 is 0 Å². The van der Waals surface area contributed by atoms with Crippen molar-refractivity contribution in [2.75, 3.05) is 23.3 Å². The van der Waals surface area contributed by atoms with Gasteiger partial charge in [-0.15, -0.1) is 0 Å². The zero-order valence-electron chi connectivity index (χ0n) is 14.0. The van der Waals surface area contributed by atoms with Gasteiger partial charge in [-0.1, -0.05) is 24.3 Å². The number of nitrogens with one attached hydrogen (secondary N) is 1. The summed E-state index contributed by atoms with van der Waals surface area (Å²) in [6, 6.07) is 14.2. The number of amides is 3. The molecule has 0 aliphatic carbocycles. The molecule has 25 heavy (non-hydrogen) atoms. The lowest BCUT2D eigenvalue weighted by Crippen LogP contribution is -2.47. The van der Waals surface area contributed by atoms with Gasteiger partial charge in [0.25, 0.3) is 0 Å². The molecule has 2 aromatic rings. The zero-order chi connectivity index (χ0) is 17.8. The Balaban J connectivity index is 1.72. The Labute approximate surface area is 146 Å². The van der Waals surface area contributed by atoms with E-state index in [2.05, 4.69) is 5.32 Å². The molecule has 3 rings (SSSR count). The third kappa shape index (κ3) is 3.63. The molecule has 130 valence electrons. The number of carbonyl (C=O) groups is 2. The summed E-state index contributed by atoms with van der Waals surface area (Å²) in [5.74, 6) is -0.518. The number of likely N-dealkylation sites (N-methyl/N-ethyl adjacent to an activating group) is 1. The Bertz CT molecular complexity index is 766. The first kappa shape index (κ1) is 17.0. The summed E-state index contributed by atoms with van der Waals surface area (Å²) in [6.07, 6.45) is 0.568. The van der Waals surface area contributed by atoms with Crippen molar-refractivity contribution >= 4 is 23.3 Å². The normalized spacial score (nSPS) is 16.8. The number of halogens is 1. The fourth-order valence-electron chi connectivity index (χ4n) is 3.09. The minimum atomic E-state index is -0.515. The van der Waals surface area contributed by atoms with Gasteiger partial charge in [0, 0.05) is 24.5 Å². The smallest absolute Gasteiger partial charge is 0.313 e. The summed E-state index contributed by atoms with van der Waals surface area (Å²) in [5.41, 5.74) is 1.20. The molecular formula is C19H20FN3O2. The molecule has 1 fully saturated rings. The van der Waals surface area contributed by atoms with Crippen LogP contribution in [0.2, 0.25) is 0 Å². The van der Waals surface area contributed by atoms with E-state index in [0.717, 1.165) is 5.69 Å². The van der Waals surface area contributed by atoms with Crippen molar-refractivity contribution in [3.63, 3.8) is 0 Å². The molecular weight excluding hydrogens is 321 g/mol. The van der Waals surface area contributed by atoms with Crippen molar-refractivity contribution < 1.29 is 14.0 Å². The van der Waals surface area contributed by atoms with E-state index in [1.54, 1.807) is 11.0 Å². The van der Waals surface area contributed by atoms with Gasteiger partial charge in [-0.3, -0.25) is 4.79 Å². The Morgan fingerprint density at radius 2 is 2.00 bits per heavy atom. The van der Waals surface area contributed by atoms with Gasteiger partial charge in [-0.25, -0.2) is 9.18 Å². The van der Waals surface area contributed by atoms with E-state index in [4.69, 9.17) is 0 Å². The van der Waals surface area contributed by atoms with Crippen molar-refractivity contribution in [3.8, 4) is 0 Å². The molecule has 0 spiro atoms. The zero-order valence-corrected chi connectivity index (χ0v) is 14.0. The average molecular weight is 341 g/mol. The molecule has 0 radical (unpaired) electrons. The summed E-state index contributed by atoms with van der Waals surface area (Å²) in [5, 5.41) is 2.66. The minimum absolute atomic E-state index is 0.0950. The predicted molar refractivity (Wildman–Crippen MR) is 95.0 cm³/mol. The van der Waals surface area contributed by atoms with Crippen LogP contribution in [0, 0.1) is 5.82 Å². The van der Waals surface area contributed by atoms with Crippen LogP contribution >= 0.6 is 0 Å². The second kappa shape index (κ2) is 7.34. The maximum absolute atomic E-state index is 13.3. The molecule has 1 aliphatic rings. The minimum Gasteiger partial charge on any atom is -0.313 e. The Hall–Kier alpha value is -2.89. The summed E-state index contributed by atoms with van der Waals surface area (Å²) < 4.78 is 13.3. The van der Waals surface area contributed by atoms with Crippen molar-refractivity contribution in [1.29, 1.82) is 0 Å². The van der Waals surface area contributed by atoms with Crippen LogP contribution < -0.4 is 10.2 Å². The van der Waals surface area contributed by atoms with Crippen LogP contribution in [0.4, 0.5) is 20.6 Å². The standard InChI is InChI=1S/C19H20FN3O2/c1-2-22(19(25)21-15-8-6-7-14(20)13-15)17-11-12-23(18(17)24)16-9-4-3-5-10-16/h3-10,13,17H,2,11-12H2,1H3,(H,21,25)/t17-/m1/s1. The van der Waals surface area contributed by atoms with Crippen LogP contribution in [0.1, 0.15) is 13.3 Å². The highest BCUT2D eigenvalue weighted by Crippen LogP contribution is 2.24. The second-order valence-electron chi connectivity index (χ2n) is 5.86. The van der Waals surface area contributed by atoms with Crippen molar-refractivity contribution in [2.24, 2.45) is 0 Å². The Morgan fingerprint density at radius 3 is 2.68 bits per heavy atom. The number of carbonyl (C=O) groups excluding carboxylic acids is 2. The SMILES string of the molecule is CCN(C(=O)Nc1cccc(F)c1)[C@@H]1CCN(c2ccccc2)C1=O. The number of urea groups is 1. The molecule has 5 nitrogen and oxygen atoms in total. The van der Waals surface area contributed by atoms with E-state index < -0.39 is 17.9 Å². The van der Waals surface area contributed by atoms with E-state index in [1.165, 1.54) is 23.1 Å². The third-order valence-electron chi connectivity index (χ3n) is 4.30. The lowest BCUT2D eigenvalue weighted by molar-refractivity contribution is -0.120. The number of hydrogen-bond acceptors (Lipinski definition) is 2. The highest BCUT2D eigenvalue weighted by atomic mass is 19.1. The van der Waals surface area contributed by atoms with Gasteiger partial charge in [-0.05, 0) is 43.7 Å². The van der Waals surface area contributed by atoms with Crippen LogP contribution in [-0.2, 0) is 4.79 Å². The number of nitrogens with zero attached hydrogens (tertiary/aromatic N) is 2. The highest BCUT2D eigenvalue weighted by Gasteiger charge is 2.38. The van der Waals surface area contributed by atoms with Crippen molar-refractivity contribution in [3.05, 3.63) is 60.4 Å². The van der Waals surface area contributed by atoms with Crippen LogP contribution in [0.3, 0.4) is 0 Å². The summed E-state index contributed by atoms with van der Waals surface area (Å²) >= 11 is 0. The molecule has 1 saturated heterocycles. The maximum Gasteiger partial charge on any atom is 0.322 e. The van der Waals surface area contributed by atoms with Gasteiger partial charge in [0.1, 0.15) is 11.9 Å². The average Bonchev–Trinajstić information content (AvgIpc) is 2.98. The van der Waals surface area contributed by atoms with E-state index in [0.29, 0.717) is 25.2 Å². The highest BCUT2D eigenvalue weighted by molar-refractivity contribution is 6.02. The second-order valence-corrected chi connectivity index (χ2v) is 5.86. The molecule has 6 heteroatoms. The largest absolute Gasteiger partial charge is 0.322 e. The van der Waals surface area contributed by atoms with Crippen molar-refractivity contribution in [2.45, 2.75) is 19.4 Å². The van der Waals surface area contributed by atoms with Gasteiger partial charge in [-0.2, -0.15) is 0 Å². The molecule has 3 amide bonds. The fraction of sp³-hybridized carbons (Fsp3) is 0.263. The molecule has 1 N–H and O–H groups in total. The van der Waals surface area contributed by atoms with Crippen LogP contribution in [-0.4, -0.2) is 36.0 Å². The molecule has 0 unspecified atom stereocenters.